The molecule has 0 unspecified atom stereocenters. The highest BCUT2D eigenvalue weighted by molar-refractivity contribution is 5.92. The van der Waals surface area contributed by atoms with Crippen molar-refractivity contribution in [3.05, 3.63) is 59.6 Å². The first-order valence-electron chi connectivity index (χ1n) is 7.39. The number of aryl methyl sites for hydroxylation is 2. The van der Waals surface area contributed by atoms with Crippen LogP contribution < -0.4 is 10.1 Å². The molecule has 3 rings (SSSR count). The molecule has 0 saturated carbocycles. The molecule has 2 heterocycles. The molecule has 3 aromatic rings. The van der Waals surface area contributed by atoms with Crippen LogP contribution >= 0.6 is 0 Å². The smallest absolute Gasteiger partial charge is 0.238 e. The number of benzene rings is 1. The number of amides is 1. The van der Waals surface area contributed by atoms with E-state index in [1.54, 1.807) is 49.5 Å². The monoisotopic (exact) mass is 324 g/mol. The second-order valence-corrected chi connectivity index (χ2v) is 5.22. The fraction of sp³-hybridized carbons (Fsp3) is 0.176. The Morgan fingerprint density at radius 1 is 1.25 bits per heavy atom. The number of carbonyl (C=O) groups is 1. The van der Waals surface area contributed by atoms with Gasteiger partial charge in [-0.1, -0.05) is 11.2 Å². The summed E-state index contributed by atoms with van der Waals surface area (Å²) in [6.07, 6.45) is 1.77. The number of anilines is 1. The average Bonchev–Trinajstić information content (AvgIpc) is 2.88. The summed E-state index contributed by atoms with van der Waals surface area (Å²) in [5.41, 5.74) is 2.16. The largest absolute Gasteiger partial charge is 0.437 e. The molecule has 24 heavy (non-hydrogen) atoms. The summed E-state index contributed by atoms with van der Waals surface area (Å²) in [5, 5.41) is 14.3. The molecular weight excluding hydrogens is 308 g/mol. The Bertz CT molecular complexity index is 827. The highest BCUT2D eigenvalue weighted by Gasteiger charge is 2.13. The van der Waals surface area contributed by atoms with Gasteiger partial charge in [-0.05, 0) is 32.0 Å². The Labute approximate surface area is 138 Å². The summed E-state index contributed by atoms with van der Waals surface area (Å²) in [6, 6.07) is 10.5. The third-order valence-corrected chi connectivity index (χ3v) is 3.41. The molecule has 7 heteroatoms. The van der Waals surface area contributed by atoms with Gasteiger partial charge in [-0.3, -0.25) is 4.79 Å². The van der Waals surface area contributed by atoms with Crippen molar-refractivity contribution in [3.63, 3.8) is 0 Å². The van der Waals surface area contributed by atoms with Gasteiger partial charge in [0, 0.05) is 29.6 Å². The van der Waals surface area contributed by atoms with E-state index in [9.17, 15) is 4.79 Å². The normalized spacial score (nSPS) is 10.4. The van der Waals surface area contributed by atoms with Crippen LogP contribution in [-0.4, -0.2) is 21.3 Å². The minimum atomic E-state index is -0.152. The predicted octanol–water partition coefficient (Wildman–Crippen LogP) is 3.05. The van der Waals surface area contributed by atoms with E-state index in [2.05, 4.69) is 20.7 Å². The highest BCUT2D eigenvalue weighted by atomic mass is 16.5. The lowest BCUT2D eigenvalue weighted by Gasteiger charge is -2.08. The van der Waals surface area contributed by atoms with E-state index >= 15 is 0 Å². The summed E-state index contributed by atoms with van der Waals surface area (Å²) in [7, 11) is 0. The van der Waals surface area contributed by atoms with E-state index in [1.807, 2.05) is 6.92 Å². The van der Waals surface area contributed by atoms with Crippen LogP contribution in [0.25, 0.3) is 0 Å². The van der Waals surface area contributed by atoms with Crippen LogP contribution in [0.3, 0.4) is 0 Å². The fourth-order valence-corrected chi connectivity index (χ4v) is 2.22. The van der Waals surface area contributed by atoms with Crippen LogP contribution in [0.15, 0.2) is 47.1 Å². The standard InChI is InChI=1S/C17H16N4O3/c1-11-15(12(2)24-21-11)10-16(22)19-13-5-3-6-14(9-13)23-17-7-4-8-18-20-17/h3-9H,10H2,1-2H3,(H,19,22). The van der Waals surface area contributed by atoms with Crippen LogP contribution in [0.4, 0.5) is 5.69 Å². The van der Waals surface area contributed by atoms with Crippen molar-refractivity contribution in [2.24, 2.45) is 0 Å². The van der Waals surface area contributed by atoms with Gasteiger partial charge in [-0.25, -0.2) is 0 Å². The second kappa shape index (κ2) is 6.91. The number of hydrogen-bond acceptors (Lipinski definition) is 6. The van der Waals surface area contributed by atoms with E-state index in [0.29, 0.717) is 23.1 Å². The molecule has 0 aliphatic rings. The predicted molar refractivity (Wildman–Crippen MR) is 86.9 cm³/mol. The number of rotatable bonds is 5. The van der Waals surface area contributed by atoms with Gasteiger partial charge in [0.15, 0.2) is 0 Å². The van der Waals surface area contributed by atoms with Gasteiger partial charge < -0.3 is 14.6 Å². The van der Waals surface area contributed by atoms with Gasteiger partial charge in [0.1, 0.15) is 11.5 Å². The molecule has 0 aliphatic carbocycles. The molecule has 1 N–H and O–H groups in total. The van der Waals surface area contributed by atoms with Gasteiger partial charge >= 0.3 is 0 Å². The number of nitrogens with zero attached hydrogens (tertiary/aromatic N) is 3. The average molecular weight is 324 g/mol. The molecule has 0 spiro atoms. The quantitative estimate of drug-likeness (QED) is 0.775. The summed E-state index contributed by atoms with van der Waals surface area (Å²) in [6.45, 7) is 3.60. The Balaban J connectivity index is 1.67. The first-order valence-corrected chi connectivity index (χ1v) is 7.39. The summed E-state index contributed by atoms with van der Waals surface area (Å²) in [4.78, 5) is 12.2. The lowest BCUT2D eigenvalue weighted by atomic mass is 10.1. The van der Waals surface area contributed by atoms with Crippen molar-refractivity contribution in [2.75, 3.05) is 5.32 Å². The zero-order valence-electron chi connectivity index (χ0n) is 13.3. The lowest BCUT2D eigenvalue weighted by molar-refractivity contribution is -0.115. The van der Waals surface area contributed by atoms with E-state index in [4.69, 9.17) is 9.26 Å². The third-order valence-electron chi connectivity index (χ3n) is 3.41. The molecule has 0 bridgehead atoms. The second-order valence-electron chi connectivity index (χ2n) is 5.22. The van der Waals surface area contributed by atoms with Gasteiger partial charge in [0.2, 0.25) is 11.8 Å². The SMILES string of the molecule is Cc1noc(C)c1CC(=O)Nc1cccc(Oc2cccnn2)c1. The topological polar surface area (TPSA) is 90.1 Å². The first kappa shape index (κ1) is 15.7. The van der Waals surface area contributed by atoms with Crippen molar-refractivity contribution in [1.29, 1.82) is 0 Å². The van der Waals surface area contributed by atoms with Crippen molar-refractivity contribution >= 4 is 11.6 Å². The third kappa shape index (κ3) is 3.75. The maximum absolute atomic E-state index is 12.2. The number of nitrogens with one attached hydrogen (secondary N) is 1. The van der Waals surface area contributed by atoms with Gasteiger partial charge in [-0.2, -0.15) is 5.10 Å². The minimum Gasteiger partial charge on any atom is -0.437 e. The number of aromatic nitrogens is 3. The molecule has 0 fully saturated rings. The minimum absolute atomic E-state index is 0.152. The molecule has 0 atom stereocenters. The maximum Gasteiger partial charge on any atom is 0.238 e. The summed E-state index contributed by atoms with van der Waals surface area (Å²) < 4.78 is 10.7. The van der Waals surface area contributed by atoms with Crippen LogP contribution in [0, 0.1) is 13.8 Å². The molecule has 0 radical (unpaired) electrons. The van der Waals surface area contributed by atoms with Crippen molar-refractivity contribution < 1.29 is 14.1 Å². The molecule has 2 aromatic heterocycles. The molecule has 7 nitrogen and oxygen atoms in total. The summed E-state index contributed by atoms with van der Waals surface area (Å²) >= 11 is 0. The van der Waals surface area contributed by atoms with Crippen LogP contribution in [0.5, 0.6) is 11.6 Å². The van der Waals surface area contributed by atoms with E-state index in [-0.39, 0.29) is 12.3 Å². The Hall–Kier alpha value is -3.22. The fourth-order valence-electron chi connectivity index (χ4n) is 2.22. The Kier molecular flexibility index (Phi) is 4.51. The zero-order valence-corrected chi connectivity index (χ0v) is 13.3. The Morgan fingerprint density at radius 2 is 2.12 bits per heavy atom. The van der Waals surface area contributed by atoms with Crippen LogP contribution in [0.2, 0.25) is 0 Å². The van der Waals surface area contributed by atoms with Gasteiger partial charge in [0.05, 0.1) is 12.1 Å². The van der Waals surface area contributed by atoms with Crippen molar-refractivity contribution in [3.8, 4) is 11.6 Å². The lowest BCUT2D eigenvalue weighted by Crippen LogP contribution is -2.15. The van der Waals surface area contributed by atoms with E-state index in [0.717, 1.165) is 11.3 Å². The van der Waals surface area contributed by atoms with Crippen LogP contribution in [-0.2, 0) is 11.2 Å². The maximum atomic E-state index is 12.2. The molecule has 0 saturated heterocycles. The number of carbonyl (C=O) groups excluding carboxylic acids is 1. The van der Waals surface area contributed by atoms with Gasteiger partial charge in [-0.15, -0.1) is 5.10 Å². The van der Waals surface area contributed by atoms with Crippen molar-refractivity contribution in [1.82, 2.24) is 15.4 Å². The molecule has 1 aromatic carbocycles. The molecule has 1 amide bonds. The Morgan fingerprint density at radius 3 is 2.83 bits per heavy atom. The molecule has 0 aliphatic heterocycles. The van der Waals surface area contributed by atoms with Crippen molar-refractivity contribution in [2.45, 2.75) is 20.3 Å². The van der Waals surface area contributed by atoms with E-state index in [1.165, 1.54) is 0 Å². The number of hydrogen-bond donors (Lipinski definition) is 1. The zero-order chi connectivity index (χ0) is 16.9. The first-order chi connectivity index (χ1) is 11.6. The molecular formula is C17H16N4O3. The molecule has 122 valence electrons. The van der Waals surface area contributed by atoms with Gasteiger partial charge in [0.25, 0.3) is 0 Å². The van der Waals surface area contributed by atoms with E-state index < -0.39 is 0 Å². The van der Waals surface area contributed by atoms with Crippen LogP contribution in [0.1, 0.15) is 17.0 Å². The summed E-state index contributed by atoms with van der Waals surface area (Å²) in [5.74, 6) is 1.45. The number of ether oxygens (including phenoxy) is 1. The highest BCUT2D eigenvalue weighted by Crippen LogP contribution is 2.22.